The molecule has 4 heteroatoms. The third-order valence-electron chi connectivity index (χ3n) is 11.0. The second-order valence-electron chi connectivity index (χ2n) is 14.6. The zero-order chi connectivity index (χ0) is 28.3. The van der Waals surface area contributed by atoms with Crippen molar-refractivity contribution >= 4 is 11.9 Å². The summed E-state index contributed by atoms with van der Waals surface area (Å²) < 4.78 is 12.4. The molecule has 4 aliphatic carbocycles. The fourth-order valence-corrected chi connectivity index (χ4v) is 9.19. The molecule has 39 heavy (non-hydrogen) atoms. The van der Waals surface area contributed by atoms with E-state index >= 15 is 0 Å². The topological polar surface area (TPSA) is 52.6 Å². The van der Waals surface area contributed by atoms with Gasteiger partial charge in [-0.25, -0.2) is 9.59 Å². The van der Waals surface area contributed by atoms with E-state index in [2.05, 4.69) is 33.9 Å². The predicted molar refractivity (Wildman–Crippen MR) is 158 cm³/mol. The van der Waals surface area contributed by atoms with Crippen molar-refractivity contribution < 1.29 is 19.1 Å². The lowest BCUT2D eigenvalue weighted by Gasteiger charge is -2.49. The fourth-order valence-electron chi connectivity index (χ4n) is 9.19. The van der Waals surface area contributed by atoms with Gasteiger partial charge in [0, 0.05) is 11.1 Å². The van der Waals surface area contributed by atoms with Gasteiger partial charge in [-0.1, -0.05) is 72.5 Å². The molecule has 4 nitrogen and oxygen atoms in total. The van der Waals surface area contributed by atoms with Gasteiger partial charge in [-0.05, 0) is 112 Å². The van der Waals surface area contributed by atoms with Crippen LogP contribution in [0.2, 0.25) is 0 Å². The number of hydrogen-bond donors (Lipinski definition) is 0. The molecule has 4 bridgehead atoms. The Kier molecular flexibility index (Phi) is 10.4. The van der Waals surface area contributed by atoms with Crippen molar-refractivity contribution in [2.45, 2.75) is 130 Å². The molecule has 4 aliphatic rings. The first kappa shape index (κ1) is 30.4. The average molecular weight is 541 g/mol. The van der Waals surface area contributed by atoms with E-state index in [0.717, 1.165) is 30.6 Å². The summed E-state index contributed by atoms with van der Waals surface area (Å²) in [4.78, 5) is 25.4. The van der Waals surface area contributed by atoms with Crippen molar-refractivity contribution in [3.8, 4) is 0 Å². The highest BCUT2D eigenvalue weighted by Crippen LogP contribution is 2.51. The van der Waals surface area contributed by atoms with E-state index in [0.29, 0.717) is 40.7 Å². The Hall–Kier alpha value is -1.58. The maximum atomic E-state index is 12.8. The highest BCUT2D eigenvalue weighted by Gasteiger charge is 2.46. The fraction of sp³-hybridized carbons (Fsp3) is 0.829. The first-order valence-electron chi connectivity index (χ1n) is 16.3. The highest BCUT2D eigenvalue weighted by molar-refractivity contribution is 5.87. The van der Waals surface area contributed by atoms with E-state index in [1.165, 1.54) is 70.6 Å². The SMILES string of the molecule is C=C(C)C(=O)OC(C(C)CCC1C2CCCC(C2)CC1C(OC(=O)C(=C)C)C(C)C)C1CC2CCCC(C2)C1. The van der Waals surface area contributed by atoms with E-state index < -0.39 is 0 Å². The number of carbonyl (C=O) groups excluding carboxylic acids is 2. The highest BCUT2D eigenvalue weighted by atomic mass is 16.5. The minimum absolute atomic E-state index is 0.0270. The molecule has 0 heterocycles. The minimum atomic E-state index is -0.244. The van der Waals surface area contributed by atoms with Crippen molar-refractivity contribution in [3.63, 3.8) is 0 Å². The summed E-state index contributed by atoms with van der Waals surface area (Å²) in [5.41, 5.74) is 0.990. The predicted octanol–water partition coefficient (Wildman–Crippen LogP) is 8.69. The third-order valence-corrected chi connectivity index (χ3v) is 11.0. The van der Waals surface area contributed by atoms with Gasteiger partial charge in [0.05, 0.1) is 0 Å². The molecule has 9 atom stereocenters. The number of carbonyl (C=O) groups is 2. The van der Waals surface area contributed by atoms with Crippen LogP contribution in [0.4, 0.5) is 0 Å². The summed E-state index contributed by atoms with van der Waals surface area (Å²) in [6.07, 6.45) is 16.4. The van der Waals surface area contributed by atoms with Gasteiger partial charge < -0.3 is 9.47 Å². The van der Waals surface area contributed by atoms with Crippen molar-refractivity contribution in [1.82, 2.24) is 0 Å². The van der Waals surface area contributed by atoms with Gasteiger partial charge in [0.15, 0.2) is 0 Å². The van der Waals surface area contributed by atoms with Crippen LogP contribution in [0.15, 0.2) is 24.3 Å². The molecule has 0 N–H and O–H groups in total. The second kappa shape index (κ2) is 13.4. The number of ether oxygens (including phenoxy) is 2. The number of esters is 2. The van der Waals surface area contributed by atoms with E-state index in [-0.39, 0.29) is 30.1 Å². The number of rotatable bonds is 11. The minimum Gasteiger partial charge on any atom is -0.458 e. The first-order chi connectivity index (χ1) is 18.5. The molecule has 9 unspecified atom stereocenters. The number of hydrogen-bond acceptors (Lipinski definition) is 4. The van der Waals surface area contributed by atoms with Crippen LogP contribution in [0.5, 0.6) is 0 Å². The number of fused-ring (bicyclic) bond motifs is 4. The molecule has 0 radical (unpaired) electrons. The zero-order valence-electron chi connectivity index (χ0n) is 25.6. The normalized spacial score (nSPS) is 34.5. The van der Waals surface area contributed by atoms with Crippen LogP contribution in [0.1, 0.15) is 118 Å². The molecular weight excluding hydrogens is 484 g/mol. The summed E-state index contributed by atoms with van der Waals surface area (Å²) >= 11 is 0. The van der Waals surface area contributed by atoms with Gasteiger partial charge >= 0.3 is 11.9 Å². The van der Waals surface area contributed by atoms with Gasteiger partial charge in [0.2, 0.25) is 0 Å². The molecule has 0 amide bonds. The summed E-state index contributed by atoms with van der Waals surface area (Å²) in [6.45, 7) is 18.0. The van der Waals surface area contributed by atoms with Crippen molar-refractivity contribution in [1.29, 1.82) is 0 Å². The smallest absolute Gasteiger partial charge is 0.333 e. The molecule has 0 spiro atoms. The van der Waals surface area contributed by atoms with E-state index in [9.17, 15) is 9.59 Å². The third kappa shape index (κ3) is 7.59. The van der Waals surface area contributed by atoms with Crippen LogP contribution >= 0.6 is 0 Å². The van der Waals surface area contributed by atoms with Gasteiger partial charge in [-0.15, -0.1) is 0 Å². The van der Waals surface area contributed by atoms with Crippen LogP contribution in [0.25, 0.3) is 0 Å². The van der Waals surface area contributed by atoms with Crippen molar-refractivity contribution in [3.05, 3.63) is 24.3 Å². The second-order valence-corrected chi connectivity index (χ2v) is 14.6. The summed E-state index contributed by atoms with van der Waals surface area (Å²) in [7, 11) is 0. The Bertz CT molecular complexity index is 877. The van der Waals surface area contributed by atoms with Gasteiger partial charge in [-0.3, -0.25) is 0 Å². The molecule has 0 aromatic heterocycles. The Balaban J connectivity index is 1.50. The van der Waals surface area contributed by atoms with E-state index in [1.54, 1.807) is 13.8 Å². The lowest BCUT2D eigenvalue weighted by molar-refractivity contribution is -0.155. The summed E-state index contributed by atoms with van der Waals surface area (Å²) in [6, 6.07) is 0. The summed E-state index contributed by atoms with van der Waals surface area (Å²) in [5.74, 6) is 4.63. The lowest BCUT2D eigenvalue weighted by Crippen LogP contribution is -2.45. The molecule has 4 fully saturated rings. The van der Waals surface area contributed by atoms with Gasteiger partial charge in [-0.2, -0.15) is 0 Å². The quantitative estimate of drug-likeness (QED) is 0.194. The molecule has 4 rings (SSSR count). The van der Waals surface area contributed by atoms with Gasteiger partial charge in [0.25, 0.3) is 0 Å². The largest absolute Gasteiger partial charge is 0.458 e. The van der Waals surface area contributed by atoms with Crippen LogP contribution in [-0.2, 0) is 19.1 Å². The lowest BCUT2D eigenvalue weighted by atomic mass is 9.58. The zero-order valence-corrected chi connectivity index (χ0v) is 25.6. The molecule has 220 valence electrons. The van der Waals surface area contributed by atoms with E-state index in [4.69, 9.17) is 9.47 Å². The van der Waals surface area contributed by atoms with Crippen molar-refractivity contribution in [2.75, 3.05) is 0 Å². The summed E-state index contributed by atoms with van der Waals surface area (Å²) in [5, 5.41) is 0. The van der Waals surface area contributed by atoms with Crippen LogP contribution < -0.4 is 0 Å². The van der Waals surface area contributed by atoms with E-state index in [1.807, 2.05) is 0 Å². The maximum absolute atomic E-state index is 12.8. The van der Waals surface area contributed by atoms with Crippen LogP contribution in [-0.4, -0.2) is 24.1 Å². The molecule has 0 saturated heterocycles. The van der Waals surface area contributed by atoms with Crippen molar-refractivity contribution in [2.24, 2.45) is 53.3 Å². The van der Waals surface area contributed by atoms with Crippen LogP contribution in [0, 0.1) is 53.3 Å². The van der Waals surface area contributed by atoms with Crippen LogP contribution in [0.3, 0.4) is 0 Å². The molecule has 0 aromatic rings. The molecule has 0 aliphatic heterocycles. The first-order valence-corrected chi connectivity index (χ1v) is 16.3. The molecule has 4 saturated carbocycles. The molecular formula is C35H56O4. The molecule has 0 aromatic carbocycles. The Morgan fingerprint density at radius 1 is 0.744 bits per heavy atom. The standard InChI is InChI=1S/C35H56O4/c1-21(2)32(38-34(36)22(3)4)31-20-27-12-9-13-28(17-27)30(31)15-14-24(7)33(39-35(37)23(5)6)29-18-25-10-8-11-26(16-25)19-29/h21,24-33H,3,5,8-20H2,1-2,4,6-7H3. The Morgan fingerprint density at radius 2 is 1.28 bits per heavy atom. The Morgan fingerprint density at radius 3 is 1.85 bits per heavy atom. The maximum Gasteiger partial charge on any atom is 0.333 e. The Labute approximate surface area is 238 Å². The van der Waals surface area contributed by atoms with Gasteiger partial charge in [0.1, 0.15) is 12.2 Å². The monoisotopic (exact) mass is 540 g/mol. The average Bonchev–Trinajstić information content (AvgIpc) is 2.88.